The maximum atomic E-state index is 13.2. The van der Waals surface area contributed by atoms with Crippen molar-refractivity contribution in [2.45, 2.75) is 19.4 Å². The van der Waals surface area contributed by atoms with Gasteiger partial charge in [0.05, 0.1) is 18.9 Å². The van der Waals surface area contributed by atoms with E-state index in [1.807, 2.05) is 6.92 Å². The summed E-state index contributed by atoms with van der Waals surface area (Å²) in [5.74, 6) is -1.12. The lowest BCUT2D eigenvalue weighted by atomic mass is 9.98. The average molecular weight is 435 g/mol. The van der Waals surface area contributed by atoms with Gasteiger partial charge in [0.25, 0.3) is 11.7 Å². The first-order chi connectivity index (χ1) is 15.4. The van der Waals surface area contributed by atoms with Crippen molar-refractivity contribution in [3.63, 3.8) is 0 Å². The number of carbonyl (C=O) groups excluding carboxylic acids is 2. The Morgan fingerprint density at radius 1 is 1.16 bits per heavy atom. The van der Waals surface area contributed by atoms with Crippen molar-refractivity contribution in [3.05, 3.63) is 94.7 Å². The van der Waals surface area contributed by atoms with E-state index in [1.54, 1.807) is 49.6 Å². The monoisotopic (exact) mass is 435 g/mol. The van der Waals surface area contributed by atoms with Crippen LogP contribution in [-0.2, 0) is 16.0 Å². The molecule has 1 aliphatic heterocycles. The zero-order valence-electron chi connectivity index (χ0n) is 17.7. The van der Waals surface area contributed by atoms with Gasteiger partial charge >= 0.3 is 0 Å². The molecule has 1 unspecified atom stereocenters. The molecule has 6 nitrogen and oxygen atoms in total. The van der Waals surface area contributed by atoms with Crippen LogP contribution >= 0.6 is 0 Å². The molecule has 1 aliphatic rings. The Balaban J connectivity index is 1.73. The zero-order valence-corrected chi connectivity index (χ0v) is 17.7. The number of nitrogens with zero attached hydrogens (tertiary/aromatic N) is 1. The van der Waals surface area contributed by atoms with Crippen LogP contribution in [0, 0.1) is 12.7 Å². The number of ether oxygens (including phenoxy) is 1. The van der Waals surface area contributed by atoms with E-state index in [4.69, 9.17) is 9.15 Å². The van der Waals surface area contributed by atoms with Gasteiger partial charge in [-0.05, 0) is 66.9 Å². The lowest BCUT2D eigenvalue weighted by Crippen LogP contribution is -2.31. The summed E-state index contributed by atoms with van der Waals surface area (Å²) in [6.07, 6.45) is 1.86. The predicted octanol–water partition coefficient (Wildman–Crippen LogP) is 4.40. The minimum Gasteiger partial charge on any atom is -0.507 e. The number of aliphatic hydroxyl groups excluding tert-OH is 1. The van der Waals surface area contributed by atoms with E-state index in [9.17, 15) is 19.1 Å². The van der Waals surface area contributed by atoms with E-state index in [2.05, 4.69) is 0 Å². The first-order valence-corrected chi connectivity index (χ1v) is 10.1. The first-order valence-electron chi connectivity index (χ1n) is 10.1. The number of rotatable bonds is 6. The Hall–Kier alpha value is -3.87. The number of ketones is 1. The molecule has 1 amide bonds. The molecule has 2 aromatic carbocycles. The second kappa shape index (κ2) is 8.70. The van der Waals surface area contributed by atoms with E-state index in [0.29, 0.717) is 23.5 Å². The molecule has 0 spiro atoms. The fraction of sp³-hybridized carbons (Fsp3) is 0.200. The second-order valence-corrected chi connectivity index (χ2v) is 7.57. The number of halogens is 1. The van der Waals surface area contributed by atoms with Crippen LogP contribution in [0.25, 0.3) is 5.76 Å². The third-order valence-corrected chi connectivity index (χ3v) is 5.58. The van der Waals surface area contributed by atoms with Gasteiger partial charge in [0.1, 0.15) is 29.1 Å². The maximum Gasteiger partial charge on any atom is 0.295 e. The van der Waals surface area contributed by atoms with Crippen molar-refractivity contribution >= 4 is 17.4 Å². The predicted molar refractivity (Wildman–Crippen MR) is 116 cm³/mol. The Bertz CT molecular complexity index is 1180. The Morgan fingerprint density at radius 2 is 1.91 bits per heavy atom. The fourth-order valence-corrected chi connectivity index (χ4v) is 3.94. The first kappa shape index (κ1) is 21.4. The number of aliphatic hydroxyl groups is 1. The summed E-state index contributed by atoms with van der Waals surface area (Å²) in [5.41, 5.74) is 1.96. The van der Waals surface area contributed by atoms with Gasteiger partial charge in [-0.25, -0.2) is 4.39 Å². The number of methoxy groups -OCH3 is 1. The summed E-state index contributed by atoms with van der Waals surface area (Å²) in [7, 11) is 1.55. The van der Waals surface area contributed by atoms with E-state index in [0.717, 1.165) is 11.1 Å². The van der Waals surface area contributed by atoms with E-state index in [1.165, 1.54) is 23.3 Å². The molecule has 1 aromatic heterocycles. The van der Waals surface area contributed by atoms with Crippen LogP contribution in [0.15, 0.2) is 70.9 Å². The van der Waals surface area contributed by atoms with Crippen LogP contribution < -0.4 is 4.74 Å². The van der Waals surface area contributed by atoms with Crippen LogP contribution in [0.1, 0.15) is 28.5 Å². The molecule has 0 radical (unpaired) electrons. The van der Waals surface area contributed by atoms with Gasteiger partial charge in [-0.3, -0.25) is 9.59 Å². The van der Waals surface area contributed by atoms with Gasteiger partial charge in [0.15, 0.2) is 0 Å². The SMILES string of the molecule is COc1ccc(/C(O)=C2/C(=O)C(=O)N(CCc3ccc(F)cc3)C2c2ccco2)cc1C. The van der Waals surface area contributed by atoms with Crippen molar-refractivity contribution in [1.82, 2.24) is 4.90 Å². The van der Waals surface area contributed by atoms with Gasteiger partial charge in [0, 0.05) is 12.1 Å². The van der Waals surface area contributed by atoms with Crippen LogP contribution in [-0.4, -0.2) is 35.4 Å². The number of hydrogen-bond donors (Lipinski definition) is 1. The molecular formula is C25H22FNO5. The number of furan rings is 1. The number of hydrogen-bond acceptors (Lipinski definition) is 5. The van der Waals surface area contributed by atoms with Gasteiger partial charge in [-0.1, -0.05) is 12.1 Å². The van der Waals surface area contributed by atoms with Crippen molar-refractivity contribution in [2.24, 2.45) is 0 Å². The third-order valence-electron chi connectivity index (χ3n) is 5.58. The number of carbonyl (C=O) groups is 2. The smallest absolute Gasteiger partial charge is 0.295 e. The number of benzene rings is 2. The van der Waals surface area contributed by atoms with Crippen molar-refractivity contribution < 1.29 is 28.2 Å². The molecule has 0 aliphatic carbocycles. The van der Waals surface area contributed by atoms with Crippen LogP contribution in [0.5, 0.6) is 5.75 Å². The lowest BCUT2D eigenvalue weighted by Gasteiger charge is -2.23. The number of aryl methyl sites for hydroxylation is 1. The molecule has 1 fully saturated rings. The number of amides is 1. The highest BCUT2D eigenvalue weighted by Crippen LogP contribution is 2.40. The zero-order chi connectivity index (χ0) is 22.8. The third kappa shape index (κ3) is 3.89. The van der Waals surface area contributed by atoms with Crippen LogP contribution in [0.3, 0.4) is 0 Å². The van der Waals surface area contributed by atoms with E-state index < -0.39 is 17.7 Å². The molecule has 32 heavy (non-hydrogen) atoms. The Labute approximate surface area is 184 Å². The molecule has 4 rings (SSSR count). The molecule has 3 aromatic rings. The standard InChI is InChI=1S/C25H22FNO5/c1-15-14-17(7-10-19(15)31-2)23(28)21-22(20-4-3-13-32-20)27(25(30)24(21)29)12-11-16-5-8-18(26)9-6-16/h3-10,13-14,22,28H,11-12H2,1-2H3/b23-21-. The highest BCUT2D eigenvalue weighted by molar-refractivity contribution is 6.46. The molecule has 1 saturated heterocycles. The van der Waals surface area contributed by atoms with Crippen molar-refractivity contribution in [1.29, 1.82) is 0 Å². The van der Waals surface area contributed by atoms with Gasteiger partial charge in [-0.2, -0.15) is 0 Å². The van der Waals surface area contributed by atoms with Crippen molar-refractivity contribution in [2.75, 3.05) is 13.7 Å². The van der Waals surface area contributed by atoms with E-state index >= 15 is 0 Å². The minimum atomic E-state index is -0.868. The number of likely N-dealkylation sites (tertiary alicyclic amines) is 1. The molecule has 0 bridgehead atoms. The highest BCUT2D eigenvalue weighted by Gasteiger charge is 2.47. The molecule has 1 N–H and O–H groups in total. The summed E-state index contributed by atoms with van der Waals surface area (Å²) in [5, 5.41) is 11.1. The summed E-state index contributed by atoms with van der Waals surface area (Å²) in [6, 6.07) is 13.4. The molecule has 1 atom stereocenters. The summed E-state index contributed by atoms with van der Waals surface area (Å²) in [6.45, 7) is 2.01. The molecular weight excluding hydrogens is 413 g/mol. The summed E-state index contributed by atoms with van der Waals surface area (Å²) < 4.78 is 24.0. The van der Waals surface area contributed by atoms with Crippen molar-refractivity contribution in [3.8, 4) is 5.75 Å². The normalized spacial score (nSPS) is 17.7. The molecule has 7 heteroatoms. The molecule has 2 heterocycles. The Kier molecular flexibility index (Phi) is 5.81. The highest BCUT2D eigenvalue weighted by atomic mass is 19.1. The van der Waals surface area contributed by atoms with Gasteiger partial charge in [0.2, 0.25) is 0 Å². The average Bonchev–Trinajstić information content (AvgIpc) is 3.40. The largest absolute Gasteiger partial charge is 0.507 e. The second-order valence-electron chi connectivity index (χ2n) is 7.57. The fourth-order valence-electron chi connectivity index (χ4n) is 3.94. The van der Waals surface area contributed by atoms with Crippen LogP contribution in [0.4, 0.5) is 4.39 Å². The molecule has 0 saturated carbocycles. The summed E-state index contributed by atoms with van der Waals surface area (Å²) in [4.78, 5) is 27.3. The summed E-state index contributed by atoms with van der Waals surface area (Å²) >= 11 is 0. The topological polar surface area (TPSA) is 80.0 Å². The molecule has 164 valence electrons. The lowest BCUT2D eigenvalue weighted by molar-refractivity contribution is -0.140. The Morgan fingerprint density at radius 3 is 2.53 bits per heavy atom. The van der Waals surface area contributed by atoms with E-state index in [-0.39, 0.29) is 23.7 Å². The van der Waals surface area contributed by atoms with Gasteiger partial charge in [-0.15, -0.1) is 0 Å². The van der Waals surface area contributed by atoms with Crippen LogP contribution in [0.2, 0.25) is 0 Å². The van der Waals surface area contributed by atoms with Gasteiger partial charge < -0.3 is 19.2 Å². The quantitative estimate of drug-likeness (QED) is 0.353. The maximum absolute atomic E-state index is 13.2. The number of Topliss-reactive ketones (excluding diaryl/α,β-unsaturated/α-hetero) is 1. The minimum absolute atomic E-state index is 0.0337.